The zero-order valence-electron chi connectivity index (χ0n) is 11.6. The van der Waals surface area contributed by atoms with Crippen LogP contribution in [0.2, 0.25) is 0 Å². The molecule has 1 unspecified atom stereocenters. The summed E-state index contributed by atoms with van der Waals surface area (Å²) in [6.07, 6.45) is 2.92. The van der Waals surface area contributed by atoms with E-state index >= 15 is 0 Å². The maximum absolute atomic E-state index is 5.48. The van der Waals surface area contributed by atoms with Crippen molar-refractivity contribution in [1.29, 1.82) is 0 Å². The van der Waals surface area contributed by atoms with Crippen molar-refractivity contribution in [1.82, 2.24) is 9.97 Å². The maximum atomic E-state index is 5.48. The number of aryl methyl sites for hydroxylation is 1. The maximum Gasteiger partial charge on any atom is 0.148 e. The van der Waals surface area contributed by atoms with Gasteiger partial charge in [-0.05, 0) is 24.9 Å². The van der Waals surface area contributed by atoms with Crippen LogP contribution < -0.4 is 16.6 Å². The Morgan fingerprint density at radius 2 is 2.00 bits per heavy atom. The van der Waals surface area contributed by atoms with Gasteiger partial charge in [-0.15, -0.1) is 0 Å². The third-order valence-electron chi connectivity index (χ3n) is 2.71. The lowest BCUT2D eigenvalue weighted by Crippen LogP contribution is -2.18. The molecular formula is C12H23N5S. The predicted octanol–water partition coefficient (Wildman–Crippen LogP) is 2.04. The van der Waals surface area contributed by atoms with E-state index in [1.54, 1.807) is 0 Å². The van der Waals surface area contributed by atoms with Crippen LogP contribution in [0.25, 0.3) is 0 Å². The number of nitrogens with two attached hydrogens (primary N) is 1. The standard InChI is InChI=1S/C12H23N5S/c1-5-10-15-11(9(3)12(16-10)17-13)14-6-8(2)7-18-4/h8H,5-7,13H2,1-4H3,(H2,14,15,16,17). The highest BCUT2D eigenvalue weighted by atomic mass is 32.2. The fourth-order valence-corrected chi connectivity index (χ4v) is 2.33. The molecule has 0 bridgehead atoms. The van der Waals surface area contributed by atoms with Crippen LogP contribution in [0.3, 0.4) is 0 Å². The van der Waals surface area contributed by atoms with Gasteiger partial charge in [0.2, 0.25) is 0 Å². The molecule has 1 rings (SSSR count). The van der Waals surface area contributed by atoms with Gasteiger partial charge in [-0.2, -0.15) is 11.8 Å². The monoisotopic (exact) mass is 269 g/mol. The van der Waals surface area contributed by atoms with E-state index in [-0.39, 0.29) is 0 Å². The molecule has 4 N–H and O–H groups in total. The predicted molar refractivity (Wildman–Crippen MR) is 80.0 cm³/mol. The van der Waals surface area contributed by atoms with Crippen molar-refractivity contribution in [2.24, 2.45) is 11.8 Å². The zero-order valence-corrected chi connectivity index (χ0v) is 12.4. The van der Waals surface area contributed by atoms with Crippen LogP contribution in [0.1, 0.15) is 25.2 Å². The number of anilines is 2. The molecule has 0 aliphatic heterocycles. The van der Waals surface area contributed by atoms with Gasteiger partial charge >= 0.3 is 0 Å². The van der Waals surface area contributed by atoms with Crippen molar-refractivity contribution < 1.29 is 0 Å². The highest BCUT2D eigenvalue weighted by Crippen LogP contribution is 2.19. The van der Waals surface area contributed by atoms with Crippen molar-refractivity contribution in [3.63, 3.8) is 0 Å². The second-order valence-corrected chi connectivity index (χ2v) is 5.31. The second-order valence-electron chi connectivity index (χ2n) is 4.40. The highest BCUT2D eigenvalue weighted by Gasteiger charge is 2.10. The molecule has 0 amide bonds. The molecule has 0 fully saturated rings. The Morgan fingerprint density at radius 3 is 2.56 bits per heavy atom. The number of aromatic nitrogens is 2. The Hall–Kier alpha value is -1.01. The third-order valence-corrected chi connectivity index (χ3v) is 3.62. The molecule has 1 atom stereocenters. The number of nitrogens with one attached hydrogen (secondary N) is 2. The second kappa shape index (κ2) is 7.43. The van der Waals surface area contributed by atoms with E-state index in [0.717, 1.165) is 35.9 Å². The summed E-state index contributed by atoms with van der Waals surface area (Å²) in [4.78, 5) is 8.85. The molecule has 0 aliphatic rings. The minimum Gasteiger partial charge on any atom is -0.369 e. The van der Waals surface area contributed by atoms with Gasteiger partial charge in [-0.1, -0.05) is 13.8 Å². The van der Waals surface area contributed by atoms with E-state index in [1.165, 1.54) is 0 Å². The first-order chi connectivity index (χ1) is 8.62. The summed E-state index contributed by atoms with van der Waals surface area (Å²) in [5, 5.41) is 3.39. The first kappa shape index (κ1) is 15.0. The molecule has 1 heterocycles. The van der Waals surface area contributed by atoms with E-state index in [1.807, 2.05) is 25.6 Å². The van der Waals surface area contributed by atoms with E-state index in [0.29, 0.717) is 11.7 Å². The zero-order chi connectivity index (χ0) is 13.5. The van der Waals surface area contributed by atoms with Gasteiger partial charge in [0.05, 0.1) is 0 Å². The van der Waals surface area contributed by atoms with Gasteiger partial charge in [0.25, 0.3) is 0 Å². The number of hydrogen-bond donors (Lipinski definition) is 3. The minimum absolute atomic E-state index is 0.605. The number of nitrogens with zero attached hydrogens (tertiary/aromatic N) is 2. The summed E-state index contributed by atoms with van der Waals surface area (Å²) in [6, 6.07) is 0. The topological polar surface area (TPSA) is 75.9 Å². The Bertz CT molecular complexity index is 383. The van der Waals surface area contributed by atoms with E-state index in [2.05, 4.69) is 33.9 Å². The molecule has 1 aromatic rings. The van der Waals surface area contributed by atoms with Gasteiger partial charge in [-0.25, -0.2) is 15.8 Å². The SMILES string of the molecule is CCc1nc(NN)c(C)c(NCC(C)CSC)n1. The van der Waals surface area contributed by atoms with Crippen LogP contribution in [-0.2, 0) is 6.42 Å². The molecule has 0 saturated heterocycles. The fourth-order valence-electron chi connectivity index (χ4n) is 1.65. The molecule has 0 spiro atoms. The summed E-state index contributed by atoms with van der Waals surface area (Å²) < 4.78 is 0. The fraction of sp³-hybridized carbons (Fsp3) is 0.667. The minimum atomic E-state index is 0.605. The lowest BCUT2D eigenvalue weighted by molar-refractivity contribution is 0.698. The van der Waals surface area contributed by atoms with Crippen LogP contribution in [0.5, 0.6) is 0 Å². The van der Waals surface area contributed by atoms with Crippen LogP contribution in [0.15, 0.2) is 0 Å². The summed E-state index contributed by atoms with van der Waals surface area (Å²) in [5.41, 5.74) is 3.59. The smallest absolute Gasteiger partial charge is 0.148 e. The molecule has 0 aromatic carbocycles. The van der Waals surface area contributed by atoms with Crippen molar-refractivity contribution in [3.8, 4) is 0 Å². The summed E-state index contributed by atoms with van der Waals surface area (Å²) >= 11 is 1.86. The lowest BCUT2D eigenvalue weighted by atomic mass is 10.2. The van der Waals surface area contributed by atoms with E-state index in [4.69, 9.17) is 5.84 Å². The highest BCUT2D eigenvalue weighted by molar-refractivity contribution is 7.98. The Labute approximate surface area is 113 Å². The molecule has 0 radical (unpaired) electrons. The molecular weight excluding hydrogens is 246 g/mol. The summed E-state index contributed by atoms with van der Waals surface area (Å²) in [7, 11) is 0. The first-order valence-corrected chi connectivity index (χ1v) is 7.58. The molecule has 102 valence electrons. The van der Waals surface area contributed by atoms with Crippen LogP contribution in [-0.4, -0.2) is 28.5 Å². The Balaban J connectivity index is 2.80. The van der Waals surface area contributed by atoms with Gasteiger partial charge in [0.1, 0.15) is 17.5 Å². The van der Waals surface area contributed by atoms with Crippen LogP contribution in [0.4, 0.5) is 11.6 Å². The Morgan fingerprint density at radius 1 is 1.33 bits per heavy atom. The van der Waals surface area contributed by atoms with Gasteiger partial charge in [-0.3, -0.25) is 0 Å². The summed E-state index contributed by atoms with van der Waals surface area (Å²) in [6.45, 7) is 7.13. The number of nitrogen functional groups attached to an aromatic ring is 1. The molecule has 18 heavy (non-hydrogen) atoms. The number of rotatable bonds is 7. The normalized spacial score (nSPS) is 12.3. The van der Waals surface area contributed by atoms with Crippen molar-refractivity contribution in [3.05, 3.63) is 11.4 Å². The molecule has 0 aliphatic carbocycles. The Kier molecular flexibility index (Phi) is 6.21. The van der Waals surface area contributed by atoms with Crippen molar-refractivity contribution in [2.75, 3.05) is 29.3 Å². The third kappa shape index (κ3) is 4.03. The summed E-state index contributed by atoms with van der Waals surface area (Å²) in [5.74, 6) is 9.59. The van der Waals surface area contributed by atoms with E-state index in [9.17, 15) is 0 Å². The quantitative estimate of drug-likeness (QED) is 0.519. The first-order valence-electron chi connectivity index (χ1n) is 6.19. The largest absolute Gasteiger partial charge is 0.369 e. The van der Waals surface area contributed by atoms with Gasteiger partial charge < -0.3 is 10.7 Å². The average molecular weight is 269 g/mol. The molecule has 1 aromatic heterocycles. The average Bonchev–Trinajstić information content (AvgIpc) is 2.38. The molecule has 0 saturated carbocycles. The molecule has 5 nitrogen and oxygen atoms in total. The van der Waals surface area contributed by atoms with Crippen molar-refractivity contribution in [2.45, 2.75) is 27.2 Å². The lowest BCUT2D eigenvalue weighted by Gasteiger charge is -2.15. The van der Waals surface area contributed by atoms with Gasteiger partial charge in [0.15, 0.2) is 0 Å². The number of thioether (sulfide) groups is 1. The molecule has 6 heteroatoms. The van der Waals surface area contributed by atoms with Crippen molar-refractivity contribution >= 4 is 23.4 Å². The van der Waals surface area contributed by atoms with Gasteiger partial charge in [0, 0.05) is 18.5 Å². The number of hydrazine groups is 1. The number of hydrogen-bond acceptors (Lipinski definition) is 6. The van der Waals surface area contributed by atoms with E-state index < -0.39 is 0 Å². The van der Waals surface area contributed by atoms with Crippen LogP contribution in [0, 0.1) is 12.8 Å². The van der Waals surface area contributed by atoms with Crippen LogP contribution >= 0.6 is 11.8 Å².